The molecule has 0 spiro atoms. The SMILES string of the molecule is COC(C)C(/C=C(\C)C(=O)[O-])(OC)OC. The summed E-state index contributed by atoms with van der Waals surface area (Å²) in [6, 6.07) is 0. The number of rotatable bonds is 6. The van der Waals surface area contributed by atoms with Gasteiger partial charge in [-0.05, 0) is 25.5 Å². The standard InChI is InChI=1S/C10H18O5/c1-7(9(11)12)6-10(14-4,15-5)8(2)13-3/h6,8H,1-5H3,(H,11,12)/p-1/b7-6+. The lowest BCUT2D eigenvalue weighted by Gasteiger charge is -2.33. The Kier molecular flexibility index (Phi) is 5.49. The highest BCUT2D eigenvalue weighted by atomic mass is 16.7. The highest BCUT2D eigenvalue weighted by Crippen LogP contribution is 2.22. The maximum absolute atomic E-state index is 10.6. The molecule has 0 amide bonds. The van der Waals surface area contributed by atoms with Gasteiger partial charge in [-0.2, -0.15) is 0 Å². The molecule has 0 aromatic rings. The van der Waals surface area contributed by atoms with E-state index in [9.17, 15) is 9.90 Å². The third-order valence-corrected chi connectivity index (χ3v) is 2.30. The van der Waals surface area contributed by atoms with Crippen molar-refractivity contribution in [2.45, 2.75) is 25.7 Å². The minimum absolute atomic E-state index is 0.0302. The second-order valence-electron chi connectivity index (χ2n) is 3.12. The molecular formula is C10H17O5-. The molecule has 0 aliphatic heterocycles. The molecular weight excluding hydrogens is 200 g/mol. The summed E-state index contributed by atoms with van der Waals surface area (Å²) in [7, 11) is 4.32. The van der Waals surface area contributed by atoms with Crippen LogP contribution in [0.1, 0.15) is 13.8 Å². The van der Waals surface area contributed by atoms with Gasteiger partial charge in [-0.3, -0.25) is 0 Å². The lowest BCUT2D eigenvalue weighted by atomic mass is 10.1. The van der Waals surface area contributed by atoms with E-state index < -0.39 is 17.9 Å². The van der Waals surface area contributed by atoms with Gasteiger partial charge < -0.3 is 24.1 Å². The van der Waals surface area contributed by atoms with Gasteiger partial charge >= 0.3 is 0 Å². The van der Waals surface area contributed by atoms with Crippen LogP contribution in [-0.2, 0) is 19.0 Å². The monoisotopic (exact) mass is 217 g/mol. The maximum Gasteiger partial charge on any atom is 0.214 e. The first-order valence-electron chi connectivity index (χ1n) is 4.47. The molecule has 0 aromatic heterocycles. The summed E-state index contributed by atoms with van der Waals surface area (Å²) in [5, 5.41) is 10.6. The van der Waals surface area contributed by atoms with E-state index in [0.717, 1.165) is 0 Å². The summed E-state index contributed by atoms with van der Waals surface area (Å²) in [6.07, 6.45) is 0.887. The number of carbonyl (C=O) groups excluding carboxylic acids is 1. The zero-order valence-corrected chi connectivity index (χ0v) is 9.70. The van der Waals surface area contributed by atoms with Gasteiger partial charge in [0.05, 0.1) is 5.97 Å². The molecule has 5 nitrogen and oxygen atoms in total. The van der Waals surface area contributed by atoms with Gasteiger partial charge in [0.25, 0.3) is 0 Å². The normalized spacial score (nSPS) is 15.1. The van der Waals surface area contributed by atoms with Crippen LogP contribution in [-0.4, -0.2) is 39.2 Å². The van der Waals surface area contributed by atoms with E-state index in [1.807, 2.05) is 0 Å². The van der Waals surface area contributed by atoms with Gasteiger partial charge in [-0.25, -0.2) is 0 Å². The summed E-state index contributed by atoms with van der Waals surface area (Å²) in [6.45, 7) is 3.12. The second-order valence-corrected chi connectivity index (χ2v) is 3.12. The van der Waals surface area contributed by atoms with Crippen molar-refractivity contribution in [1.29, 1.82) is 0 Å². The highest BCUT2D eigenvalue weighted by molar-refractivity contribution is 5.84. The Bertz CT molecular complexity index is 242. The quantitative estimate of drug-likeness (QED) is 0.451. The van der Waals surface area contributed by atoms with E-state index >= 15 is 0 Å². The van der Waals surface area contributed by atoms with Crippen molar-refractivity contribution in [2.75, 3.05) is 21.3 Å². The number of carboxylic acid groups (broad SMARTS) is 1. The summed E-state index contributed by atoms with van der Waals surface area (Å²) in [5.41, 5.74) is 0.0302. The predicted octanol–water partition coefficient (Wildman–Crippen LogP) is -0.293. The Hall–Kier alpha value is -0.910. The molecule has 0 aromatic carbocycles. The number of carbonyl (C=O) groups is 1. The average molecular weight is 217 g/mol. The number of aliphatic carboxylic acids is 1. The maximum atomic E-state index is 10.6. The molecule has 1 atom stereocenters. The number of hydrogen-bond acceptors (Lipinski definition) is 5. The number of carboxylic acids is 1. The van der Waals surface area contributed by atoms with Gasteiger partial charge in [0.15, 0.2) is 0 Å². The summed E-state index contributed by atoms with van der Waals surface area (Å²) in [5.74, 6) is -2.48. The van der Waals surface area contributed by atoms with Crippen molar-refractivity contribution in [3.05, 3.63) is 11.6 Å². The molecule has 0 N–H and O–H groups in total. The largest absolute Gasteiger partial charge is 0.545 e. The Morgan fingerprint density at radius 2 is 1.80 bits per heavy atom. The van der Waals surface area contributed by atoms with Gasteiger partial charge in [0.1, 0.15) is 6.10 Å². The molecule has 88 valence electrons. The second kappa shape index (κ2) is 5.85. The Morgan fingerprint density at radius 3 is 2.07 bits per heavy atom. The van der Waals surface area contributed by atoms with Crippen molar-refractivity contribution < 1.29 is 24.1 Å². The van der Waals surface area contributed by atoms with Crippen LogP contribution < -0.4 is 5.11 Å². The van der Waals surface area contributed by atoms with Crippen LogP contribution in [0.5, 0.6) is 0 Å². The van der Waals surface area contributed by atoms with E-state index in [2.05, 4.69) is 0 Å². The predicted molar refractivity (Wildman–Crippen MR) is 52.0 cm³/mol. The summed E-state index contributed by atoms with van der Waals surface area (Å²) < 4.78 is 15.4. The van der Waals surface area contributed by atoms with Crippen LogP contribution in [0.4, 0.5) is 0 Å². The van der Waals surface area contributed by atoms with Gasteiger partial charge in [0, 0.05) is 21.3 Å². The summed E-state index contributed by atoms with van der Waals surface area (Å²) in [4.78, 5) is 10.6. The van der Waals surface area contributed by atoms with Crippen LogP contribution in [0, 0.1) is 0 Å². The van der Waals surface area contributed by atoms with E-state index in [0.29, 0.717) is 0 Å². The van der Waals surface area contributed by atoms with Crippen LogP contribution in [0.3, 0.4) is 0 Å². The fourth-order valence-electron chi connectivity index (χ4n) is 1.18. The van der Waals surface area contributed by atoms with Crippen molar-refractivity contribution >= 4 is 5.97 Å². The van der Waals surface area contributed by atoms with E-state index in [4.69, 9.17) is 14.2 Å². The summed E-state index contributed by atoms with van der Waals surface area (Å²) >= 11 is 0. The van der Waals surface area contributed by atoms with Crippen LogP contribution in [0.25, 0.3) is 0 Å². The van der Waals surface area contributed by atoms with Crippen LogP contribution in [0.15, 0.2) is 11.6 Å². The highest BCUT2D eigenvalue weighted by Gasteiger charge is 2.34. The Balaban J connectivity index is 5.11. The number of ether oxygens (including phenoxy) is 3. The van der Waals surface area contributed by atoms with Gasteiger partial charge in [0.2, 0.25) is 5.79 Å². The zero-order valence-electron chi connectivity index (χ0n) is 9.70. The molecule has 5 heteroatoms. The lowest BCUT2D eigenvalue weighted by molar-refractivity contribution is -0.299. The van der Waals surface area contributed by atoms with Gasteiger partial charge in [-0.1, -0.05) is 0 Å². The number of methoxy groups -OCH3 is 3. The van der Waals surface area contributed by atoms with E-state index in [1.54, 1.807) is 6.92 Å². The molecule has 1 unspecified atom stereocenters. The molecule has 0 saturated heterocycles. The van der Waals surface area contributed by atoms with Gasteiger partial charge in [-0.15, -0.1) is 0 Å². The molecule has 0 fully saturated rings. The lowest BCUT2D eigenvalue weighted by Crippen LogP contribution is -2.44. The van der Waals surface area contributed by atoms with Crippen molar-refractivity contribution in [3.63, 3.8) is 0 Å². The molecule has 0 saturated carbocycles. The minimum atomic E-state index is -1.27. The van der Waals surface area contributed by atoms with E-state index in [1.165, 1.54) is 34.3 Å². The molecule has 0 heterocycles. The molecule has 0 aliphatic carbocycles. The fourth-order valence-corrected chi connectivity index (χ4v) is 1.18. The average Bonchev–Trinajstić information content (AvgIpc) is 2.24. The first-order valence-corrected chi connectivity index (χ1v) is 4.47. The van der Waals surface area contributed by atoms with Crippen LogP contribution in [0.2, 0.25) is 0 Å². The van der Waals surface area contributed by atoms with Crippen molar-refractivity contribution in [3.8, 4) is 0 Å². The Morgan fingerprint density at radius 1 is 1.33 bits per heavy atom. The molecule has 0 rings (SSSR count). The minimum Gasteiger partial charge on any atom is -0.545 e. The third kappa shape index (κ3) is 3.30. The third-order valence-electron chi connectivity index (χ3n) is 2.30. The molecule has 15 heavy (non-hydrogen) atoms. The first kappa shape index (κ1) is 14.1. The zero-order chi connectivity index (χ0) is 12.1. The number of hydrogen-bond donors (Lipinski definition) is 0. The van der Waals surface area contributed by atoms with Crippen molar-refractivity contribution in [1.82, 2.24) is 0 Å². The molecule has 0 bridgehead atoms. The molecule has 0 radical (unpaired) electrons. The van der Waals surface area contributed by atoms with E-state index in [-0.39, 0.29) is 5.57 Å². The molecule has 0 aliphatic rings. The first-order chi connectivity index (χ1) is 6.93. The van der Waals surface area contributed by atoms with Crippen LogP contribution >= 0.6 is 0 Å². The smallest absolute Gasteiger partial charge is 0.214 e. The Labute approximate surface area is 89.6 Å². The van der Waals surface area contributed by atoms with Crippen molar-refractivity contribution in [2.24, 2.45) is 0 Å². The fraction of sp³-hybridized carbons (Fsp3) is 0.700. The topological polar surface area (TPSA) is 67.8 Å².